The molecular formula is C13H20N2O4S. The van der Waals surface area contributed by atoms with Crippen LogP contribution in [0.15, 0.2) is 12.1 Å². The number of sulfone groups is 1. The highest BCUT2D eigenvalue weighted by Gasteiger charge is 2.17. The minimum Gasteiger partial charge on any atom is -0.505 e. The molecule has 1 aromatic rings. The molecule has 1 unspecified atom stereocenters. The Kier molecular flexibility index (Phi) is 5.13. The summed E-state index contributed by atoms with van der Waals surface area (Å²) in [5.41, 5.74) is 7.45. The summed E-state index contributed by atoms with van der Waals surface area (Å²) in [5.74, 6) is -0.686. The number of aromatic hydroxyl groups is 1. The molecule has 6 nitrogen and oxygen atoms in total. The van der Waals surface area contributed by atoms with Gasteiger partial charge in [0.25, 0.3) is 0 Å². The molecule has 0 aliphatic carbocycles. The maximum absolute atomic E-state index is 11.9. The summed E-state index contributed by atoms with van der Waals surface area (Å²) in [5, 5.41) is 12.4. The third kappa shape index (κ3) is 4.82. The highest BCUT2D eigenvalue weighted by Crippen LogP contribution is 2.28. The second kappa shape index (κ2) is 6.23. The number of carbonyl (C=O) groups excluding carboxylic acids is 1. The molecule has 0 aliphatic heterocycles. The molecule has 0 aromatic heterocycles. The van der Waals surface area contributed by atoms with Crippen LogP contribution < -0.4 is 11.1 Å². The van der Waals surface area contributed by atoms with Crippen molar-refractivity contribution >= 4 is 21.4 Å². The van der Waals surface area contributed by atoms with Crippen molar-refractivity contribution in [3.05, 3.63) is 23.3 Å². The van der Waals surface area contributed by atoms with Gasteiger partial charge in [-0.05, 0) is 37.5 Å². The average molecular weight is 300 g/mol. The van der Waals surface area contributed by atoms with Crippen LogP contribution in [-0.4, -0.2) is 37.5 Å². The van der Waals surface area contributed by atoms with Gasteiger partial charge in [-0.25, -0.2) is 8.42 Å². The van der Waals surface area contributed by atoms with Crippen molar-refractivity contribution in [2.24, 2.45) is 5.73 Å². The normalized spacial score (nSPS) is 13.0. The van der Waals surface area contributed by atoms with Crippen LogP contribution in [0.5, 0.6) is 5.75 Å². The van der Waals surface area contributed by atoms with Crippen molar-refractivity contribution in [1.82, 2.24) is 0 Å². The molecule has 4 N–H and O–H groups in total. The number of amides is 1. The van der Waals surface area contributed by atoms with Gasteiger partial charge in [0.05, 0.1) is 17.5 Å². The van der Waals surface area contributed by atoms with E-state index in [1.807, 2.05) is 6.92 Å². The molecule has 1 atom stereocenters. The van der Waals surface area contributed by atoms with Gasteiger partial charge in [-0.2, -0.15) is 0 Å². The zero-order valence-electron chi connectivity index (χ0n) is 11.8. The number of phenols is 1. The molecule has 1 rings (SSSR count). The first-order valence-electron chi connectivity index (χ1n) is 6.14. The summed E-state index contributed by atoms with van der Waals surface area (Å²) in [6.07, 6.45) is 1.13. The van der Waals surface area contributed by atoms with Crippen LogP contribution in [0.1, 0.15) is 17.5 Å². The summed E-state index contributed by atoms with van der Waals surface area (Å²) in [7, 11) is -3.16. The SMILES string of the molecule is Cc1cc(C)c(O)c(NC(=O)C(N)CCS(C)(=O)=O)c1. The molecule has 0 saturated heterocycles. The number of phenolic OH excluding ortho intramolecular Hbond substituents is 1. The zero-order chi connectivity index (χ0) is 15.5. The summed E-state index contributed by atoms with van der Waals surface area (Å²) < 4.78 is 22.1. The van der Waals surface area contributed by atoms with Crippen molar-refractivity contribution in [1.29, 1.82) is 0 Å². The molecule has 7 heteroatoms. The maximum Gasteiger partial charge on any atom is 0.241 e. The van der Waals surface area contributed by atoms with Crippen LogP contribution in [-0.2, 0) is 14.6 Å². The van der Waals surface area contributed by atoms with E-state index in [1.54, 1.807) is 19.1 Å². The lowest BCUT2D eigenvalue weighted by Gasteiger charge is -2.14. The lowest BCUT2D eigenvalue weighted by Crippen LogP contribution is -2.37. The van der Waals surface area contributed by atoms with Crippen molar-refractivity contribution in [3.63, 3.8) is 0 Å². The Labute approximate surface area is 118 Å². The van der Waals surface area contributed by atoms with Gasteiger partial charge in [-0.1, -0.05) is 6.07 Å². The second-order valence-corrected chi connectivity index (χ2v) is 7.25. The Morgan fingerprint density at radius 2 is 2.00 bits per heavy atom. The van der Waals surface area contributed by atoms with E-state index in [1.165, 1.54) is 0 Å². The standard InChI is InChI=1S/C13H20N2O4S/c1-8-6-9(2)12(16)11(7-8)15-13(17)10(14)4-5-20(3,18)19/h6-7,10,16H,4-5,14H2,1-3H3,(H,15,17). The Morgan fingerprint density at radius 1 is 1.40 bits per heavy atom. The fraction of sp³-hybridized carbons (Fsp3) is 0.462. The van der Waals surface area contributed by atoms with Gasteiger partial charge in [-0.3, -0.25) is 4.79 Å². The van der Waals surface area contributed by atoms with Crippen molar-refractivity contribution < 1.29 is 18.3 Å². The van der Waals surface area contributed by atoms with Crippen LogP contribution in [0.3, 0.4) is 0 Å². The Morgan fingerprint density at radius 3 is 2.55 bits per heavy atom. The first-order valence-corrected chi connectivity index (χ1v) is 8.20. The predicted molar refractivity (Wildman–Crippen MR) is 78.5 cm³/mol. The van der Waals surface area contributed by atoms with E-state index >= 15 is 0 Å². The molecule has 0 spiro atoms. The molecule has 1 aromatic carbocycles. The molecule has 0 saturated carbocycles. The van der Waals surface area contributed by atoms with Gasteiger partial charge in [0.1, 0.15) is 15.6 Å². The first-order chi connectivity index (χ1) is 9.10. The van der Waals surface area contributed by atoms with Gasteiger partial charge in [0.15, 0.2) is 0 Å². The molecular weight excluding hydrogens is 280 g/mol. The number of rotatable bonds is 5. The third-order valence-electron chi connectivity index (χ3n) is 2.84. The smallest absolute Gasteiger partial charge is 0.241 e. The highest BCUT2D eigenvalue weighted by molar-refractivity contribution is 7.90. The predicted octanol–water partition coefficient (Wildman–Crippen LogP) is 0.710. The van der Waals surface area contributed by atoms with Crippen LogP contribution in [0.2, 0.25) is 0 Å². The third-order valence-corrected chi connectivity index (χ3v) is 3.82. The zero-order valence-corrected chi connectivity index (χ0v) is 12.6. The van der Waals surface area contributed by atoms with Crippen molar-refractivity contribution in [2.45, 2.75) is 26.3 Å². The first kappa shape index (κ1) is 16.5. The molecule has 112 valence electrons. The summed E-state index contributed by atoms with van der Waals surface area (Å²) >= 11 is 0. The molecule has 0 fully saturated rings. The fourth-order valence-corrected chi connectivity index (χ4v) is 2.43. The number of carbonyl (C=O) groups is 1. The topological polar surface area (TPSA) is 109 Å². The maximum atomic E-state index is 11.9. The molecule has 1 amide bonds. The number of anilines is 1. The van der Waals surface area contributed by atoms with E-state index in [9.17, 15) is 18.3 Å². The highest BCUT2D eigenvalue weighted by atomic mass is 32.2. The van der Waals surface area contributed by atoms with Gasteiger partial charge in [-0.15, -0.1) is 0 Å². The Bertz CT molecular complexity index is 611. The van der Waals surface area contributed by atoms with Crippen LogP contribution in [0, 0.1) is 13.8 Å². The fourth-order valence-electron chi connectivity index (χ4n) is 1.75. The largest absolute Gasteiger partial charge is 0.505 e. The van der Waals surface area contributed by atoms with E-state index in [-0.39, 0.29) is 23.6 Å². The van der Waals surface area contributed by atoms with Gasteiger partial charge in [0.2, 0.25) is 5.91 Å². The van der Waals surface area contributed by atoms with E-state index in [4.69, 9.17) is 5.73 Å². The summed E-state index contributed by atoms with van der Waals surface area (Å²) in [6, 6.07) is 2.47. The lowest BCUT2D eigenvalue weighted by atomic mass is 10.1. The molecule has 0 aliphatic rings. The van der Waals surface area contributed by atoms with Crippen molar-refractivity contribution in [2.75, 3.05) is 17.3 Å². The number of nitrogens with two attached hydrogens (primary N) is 1. The summed E-state index contributed by atoms with van der Waals surface area (Å²) in [4.78, 5) is 11.9. The van der Waals surface area contributed by atoms with E-state index in [0.717, 1.165) is 11.8 Å². The minimum absolute atomic E-state index is 0.0146. The molecule has 0 bridgehead atoms. The number of hydrogen-bond donors (Lipinski definition) is 3. The van der Waals surface area contributed by atoms with Crippen LogP contribution in [0.4, 0.5) is 5.69 Å². The number of hydrogen-bond acceptors (Lipinski definition) is 5. The van der Waals surface area contributed by atoms with Crippen LogP contribution >= 0.6 is 0 Å². The number of benzene rings is 1. The Balaban J connectivity index is 2.76. The molecule has 20 heavy (non-hydrogen) atoms. The van der Waals surface area contributed by atoms with E-state index < -0.39 is 21.8 Å². The Hall–Kier alpha value is -1.60. The minimum atomic E-state index is -3.16. The van der Waals surface area contributed by atoms with Gasteiger partial charge >= 0.3 is 0 Å². The summed E-state index contributed by atoms with van der Waals surface area (Å²) in [6.45, 7) is 3.56. The van der Waals surface area contributed by atoms with E-state index in [2.05, 4.69) is 5.32 Å². The van der Waals surface area contributed by atoms with Crippen molar-refractivity contribution in [3.8, 4) is 5.75 Å². The van der Waals surface area contributed by atoms with E-state index in [0.29, 0.717) is 5.56 Å². The quantitative estimate of drug-likeness (QED) is 0.694. The average Bonchev–Trinajstić information content (AvgIpc) is 2.31. The van der Waals surface area contributed by atoms with Crippen LogP contribution in [0.25, 0.3) is 0 Å². The molecule has 0 radical (unpaired) electrons. The lowest BCUT2D eigenvalue weighted by molar-refractivity contribution is -0.117. The molecule has 0 heterocycles. The monoisotopic (exact) mass is 300 g/mol. The van der Waals surface area contributed by atoms with Gasteiger partial charge < -0.3 is 16.2 Å². The number of nitrogens with one attached hydrogen (secondary N) is 1. The second-order valence-electron chi connectivity index (χ2n) is 4.99. The van der Waals surface area contributed by atoms with Gasteiger partial charge in [0, 0.05) is 6.26 Å². The number of aryl methyl sites for hydroxylation is 2.